The first-order valence-corrected chi connectivity index (χ1v) is 5.21. The lowest BCUT2D eigenvalue weighted by molar-refractivity contribution is 0.126. The largest absolute Gasteiger partial charge is 0.453 e. The molecule has 0 aliphatic carbocycles. The minimum atomic E-state index is -2.45. The highest BCUT2D eigenvalue weighted by atomic mass is 19.3. The normalized spacial score (nSPS) is 10.9. The van der Waals surface area contributed by atoms with Gasteiger partial charge in [0.05, 0.1) is 6.54 Å². The molecule has 2 rings (SSSR count). The van der Waals surface area contributed by atoms with Gasteiger partial charge in [0.25, 0.3) is 6.43 Å². The number of ether oxygens (including phenoxy) is 1. The predicted molar refractivity (Wildman–Crippen MR) is 61.3 cm³/mol. The second kappa shape index (κ2) is 5.03. The van der Waals surface area contributed by atoms with E-state index in [1.165, 1.54) is 41.2 Å². The number of hydrogen-bond donors (Lipinski definition) is 1. The molecular formula is C12H11F3N2O. The first kappa shape index (κ1) is 12.3. The van der Waals surface area contributed by atoms with E-state index < -0.39 is 18.8 Å². The van der Waals surface area contributed by atoms with E-state index in [-0.39, 0.29) is 11.5 Å². The summed E-state index contributed by atoms with van der Waals surface area (Å²) in [5, 5.41) is 0. The third-order valence-corrected chi connectivity index (χ3v) is 2.26. The molecule has 0 spiro atoms. The molecule has 0 fully saturated rings. The molecule has 18 heavy (non-hydrogen) atoms. The fraction of sp³-hybridized carbons (Fsp3) is 0.167. The Balaban J connectivity index is 2.13. The third kappa shape index (κ3) is 2.97. The molecule has 0 saturated carbocycles. The van der Waals surface area contributed by atoms with Gasteiger partial charge in [-0.2, -0.15) is 0 Å². The smallest absolute Gasteiger partial charge is 0.256 e. The van der Waals surface area contributed by atoms with Gasteiger partial charge < -0.3 is 15.0 Å². The van der Waals surface area contributed by atoms with E-state index in [2.05, 4.69) is 0 Å². The zero-order valence-electron chi connectivity index (χ0n) is 9.32. The van der Waals surface area contributed by atoms with Crippen LogP contribution >= 0.6 is 0 Å². The molecular weight excluding hydrogens is 245 g/mol. The van der Waals surface area contributed by atoms with E-state index >= 15 is 0 Å². The van der Waals surface area contributed by atoms with Crippen LogP contribution in [0.5, 0.6) is 11.5 Å². The quantitative estimate of drug-likeness (QED) is 0.853. The summed E-state index contributed by atoms with van der Waals surface area (Å²) in [7, 11) is 0. The molecule has 2 N–H and O–H groups in total. The summed E-state index contributed by atoms with van der Waals surface area (Å²) < 4.78 is 44.1. The van der Waals surface area contributed by atoms with Gasteiger partial charge in [0, 0.05) is 24.1 Å². The van der Waals surface area contributed by atoms with Crippen molar-refractivity contribution in [2.75, 3.05) is 5.73 Å². The average molecular weight is 256 g/mol. The predicted octanol–water partition coefficient (Wildman–Crippen LogP) is 3.27. The van der Waals surface area contributed by atoms with Gasteiger partial charge in [0.15, 0.2) is 11.6 Å². The summed E-state index contributed by atoms with van der Waals surface area (Å²) in [6.45, 7) is -0.428. The molecule has 0 aliphatic heterocycles. The number of nitrogens with two attached hydrogens (primary N) is 1. The van der Waals surface area contributed by atoms with E-state index in [9.17, 15) is 13.2 Å². The first-order valence-electron chi connectivity index (χ1n) is 5.21. The van der Waals surface area contributed by atoms with Crippen LogP contribution in [0.15, 0.2) is 36.7 Å². The van der Waals surface area contributed by atoms with Gasteiger partial charge in [-0.3, -0.25) is 0 Å². The molecule has 1 aromatic carbocycles. The van der Waals surface area contributed by atoms with Crippen LogP contribution in [-0.2, 0) is 6.54 Å². The topological polar surface area (TPSA) is 40.2 Å². The van der Waals surface area contributed by atoms with Gasteiger partial charge >= 0.3 is 0 Å². The maximum absolute atomic E-state index is 13.4. The molecule has 1 aromatic heterocycles. The lowest BCUT2D eigenvalue weighted by atomic mass is 10.3. The van der Waals surface area contributed by atoms with Crippen molar-refractivity contribution in [2.45, 2.75) is 13.0 Å². The van der Waals surface area contributed by atoms with Crippen LogP contribution in [0.25, 0.3) is 0 Å². The summed E-state index contributed by atoms with van der Waals surface area (Å²) in [5.41, 5.74) is 5.86. The summed E-state index contributed by atoms with van der Waals surface area (Å²) in [6, 6.07) is 5.40. The molecule has 0 unspecified atom stereocenters. The lowest BCUT2D eigenvalue weighted by Gasteiger charge is -2.05. The Bertz CT molecular complexity index is 540. The van der Waals surface area contributed by atoms with Gasteiger partial charge in [-0.25, -0.2) is 13.2 Å². The molecule has 0 saturated heterocycles. The number of rotatable bonds is 4. The minimum absolute atomic E-state index is 0.0372. The highest BCUT2D eigenvalue weighted by Gasteiger charge is 2.08. The zero-order valence-corrected chi connectivity index (χ0v) is 9.32. The van der Waals surface area contributed by atoms with Crippen molar-refractivity contribution in [3.63, 3.8) is 0 Å². The second-order valence-corrected chi connectivity index (χ2v) is 3.73. The monoisotopic (exact) mass is 256 g/mol. The molecule has 1 heterocycles. The van der Waals surface area contributed by atoms with Crippen LogP contribution in [0.3, 0.4) is 0 Å². The number of hydrogen-bond acceptors (Lipinski definition) is 2. The number of alkyl halides is 2. The standard InChI is InChI=1S/C12H11F3N2O/c13-10-2-1-8(16)5-11(10)18-9-3-4-17(6-9)7-12(14)15/h1-6,12H,7,16H2. The van der Waals surface area contributed by atoms with Crippen LogP contribution in [0, 0.1) is 5.82 Å². The Kier molecular flexibility index (Phi) is 3.45. The molecule has 96 valence electrons. The molecule has 6 heteroatoms. The Morgan fingerprint density at radius 3 is 2.78 bits per heavy atom. The van der Waals surface area contributed by atoms with E-state index in [0.29, 0.717) is 5.69 Å². The summed E-state index contributed by atoms with van der Waals surface area (Å²) in [6.07, 6.45) is 0.356. The number of nitrogen functional groups attached to an aromatic ring is 1. The van der Waals surface area contributed by atoms with E-state index in [0.717, 1.165) is 0 Å². The lowest BCUT2D eigenvalue weighted by Crippen LogP contribution is -2.03. The fourth-order valence-electron chi connectivity index (χ4n) is 1.48. The highest BCUT2D eigenvalue weighted by Crippen LogP contribution is 2.26. The molecule has 3 nitrogen and oxygen atoms in total. The zero-order chi connectivity index (χ0) is 13.1. The van der Waals surface area contributed by atoms with Crippen molar-refractivity contribution in [3.05, 3.63) is 42.5 Å². The molecule has 0 radical (unpaired) electrons. The van der Waals surface area contributed by atoms with Crippen molar-refractivity contribution in [1.29, 1.82) is 0 Å². The third-order valence-electron chi connectivity index (χ3n) is 2.26. The number of halogens is 3. The second-order valence-electron chi connectivity index (χ2n) is 3.73. The molecule has 0 aliphatic rings. The molecule has 0 bridgehead atoms. The van der Waals surface area contributed by atoms with Gasteiger partial charge in [0.1, 0.15) is 5.75 Å². The Labute approximate surface area is 102 Å². The average Bonchev–Trinajstić information content (AvgIpc) is 2.70. The minimum Gasteiger partial charge on any atom is -0.453 e. The SMILES string of the molecule is Nc1ccc(F)c(Oc2ccn(CC(F)F)c2)c1. The number of nitrogens with zero attached hydrogens (tertiary/aromatic N) is 1. The number of anilines is 1. The van der Waals surface area contributed by atoms with E-state index in [1.54, 1.807) is 0 Å². The maximum Gasteiger partial charge on any atom is 0.256 e. The Hall–Kier alpha value is -2.11. The van der Waals surface area contributed by atoms with Crippen LogP contribution < -0.4 is 10.5 Å². The van der Waals surface area contributed by atoms with E-state index in [1.807, 2.05) is 0 Å². The molecule has 2 aromatic rings. The van der Waals surface area contributed by atoms with Crippen LogP contribution in [0.1, 0.15) is 0 Å². The van der Waals surface area contributed by atoms with Crippen LogP contribution in [0.2, 0.25) is 0 Å². The van der Waals surface area contributed by atoms with Crippen LogP contribution in [-0.4, -0.2) is 11.0 Å². The van der Waals surface area contributed by atoms with Crippen molar-refractivity contribution in [2.24, 2.45) is 0 Å². The van der Waals surface area contributed by atoms with Crippen molar-refractivity contribution >= 4 is 5.69 Å². The molecule has 0 amide bonds. The van der Waals surface area contributed by atoms with Crippen LogP contribution in [0.4, 0.5) is 18.9 Å². The van der Waals surface area contributed by atoms with Gasteiger partial charge in [-0.1, -0.05) is 0 Å². The summed E-state index contributed by atoms with van der Waals surface area (Å²) in [5.74, 6) is -0.323. The highest BCUT2D eigenvalue weighted by molar-refractivity contribution is 5.45. The Morgan fingerprint density at radius 2 is 2.06 bits per heavy atom. The first-order chi connectivity index (χ1) is 8.54. The Morgan fingerprint density at radius 1 is 1.28 bits per heavy atom. The number of aromatic nitrogens is 1. The maximum atomic E-state index is 13.4. The summed E-state index contributed by atoms with van der Waals surface area (Å²) in [4.78, 5) is 0. The van der Waals surface area contributed by atoms with Gasteiger partial charge in [-0.05, 0) is 18.2 Å². The van der Waals surface area contributed by atoms with Crippen molar-refractivity contribution in [1.82, 2.24) is 4.57 Å². The molecule has 0 atom stereocenters. The van der Waals surface area contributed by atoms with Gasteiger partial charge in [-0.15, -0.1) is 0 Å². The number of benzene rings is 1. The van der Waals surface area contributed by atoms with Crippen molar-refractivity contribution < 1.29 is 17.9 Å². The fourth-order valence-corrected chi connectivity index (χ4v) is 1.48. The summed E-state index contributed by atoms with van der Waals surface area (Å²) >= 11 is 0. The van der Waals surface area contributed by atoms with E-state index in [4.69, 9.17) is 10.5 Å². The van der Waals surface area contributed by atoms with Crippen molar-refractivity contribution in [3.8, 4) is 11.5 Å². The van der Waals surface area contributed by atoms with Gasteiger partial charge in [0.2, 0.25) is 0 Å².